The zero-order valence-corrected chi connectivity index (χ0v) is 19.9. The van der Waals surface area contributed by atoms with E-state index in [0.717, 1.165) is 12.1 Å². The molecule has 0 saturated heterocycles. The Hall–Kier alpha value is -1.97. The number of esters is 1. The second-order valence-electron chi connectivity index (χ2n) is 7.36. The van der Waals surface area contributed by atoms with Gasteiger partial charge in [0.05, 0.1) is 0 Å². The van der Waals surface area contributed by atoms with Crippen molar-refractivity contribution in [2.75, 3.05) is 20.6 Å². The quantitative estimate of drug-likeness (QED) is 0.440. The highest BCUT2D eigenvalue weighted by molar-refractivity contribution is 7.79. The minimum absolute atomic E-state index is 0. The Labute approximate surface area is 191 Å². The molecule has 0 spiro atoms. The lowest BCUT2D eigenvalue weighted by atomic mass is 9.77. The molecule has 2 N–H and O–H groups in total. The highest BCUT2D eigenvalue weighted by Crippen LogP contribution is 2.38. The van der Waals surface area contributed by atoms with Crippen molar-refractivity contribution in [2.45, 2.75) is 32.3 Å². The van der Waals surface area contributed by atoms with Gasteiger partial charge in [0, 0.05) is 25.3 Å². The third-order valence-electron chi connectivity index (χ3n) is 4.59. The molecule has 7 nitrogen and oxygen atoms in total. The number of carbonyl (C=O) groups excluding carboxylic acids is 1. The molecule has 174 valence electrons. The van der Waals surface area contributed by atoms with E-state index < -0.39 is 16.0 Å². The van der Waals surface area contributed by atoms with Gasteiger partial charge in [-0.05, 0) is 25.2 Å². The van der Waals surface area contributed by atoms with Crippen LogP contribution >= 0.6 is 12.4 Å². The summed E-state index contributed by atoms with van der Waals surface area (Å²) in [6.45, 7) is 4.84. The maximum atomic E-state index is 12.3. The van der Waals surface area contributed by atoms with Gasteiger partial charge in [0.15, 0.2) is 0 Å². The van der Waals surface area contributed by atoms with E-state index in [9.17, 15) is 4.79 Å². The van der Waals surface area contributed by atoms with Gasteiger partial charge in [-0.25, -0.2) is 0 Å². The molecular weight excluding hydrogens is 442 g/mol. The predicted molar refractivity (Wildman–Crippen MR) is 124 cm³/mol. The second kappa shape index (κ2) is 13.4. The average molecular weight is 474 g/mol. The fourth-order valence-electron chi connectivity index (χ4n) is 3.35. The monoisotopic (exact) mass is 473 g/mol. The second-order valence-corrected chi connectivity index (χ2v) is 8.25. The zero-order chi connectivity index (χ0) is 22.8. The Morgan fingerprint density at radius 1 is 1.03 bits per heavy atom. The first-order valence-corrected chi connectivity index (χ1v) is 11.0. The summed E-state index contributed by atoms with van der Waals surface area (Å²) in [5.74, 6) is -0.0222. The van der Waals surface area contributed by atoms with Crippen LogP contribution in [-0.4, -0.2) is 49.0 Å². The van der Waals surface area contributed by atoms with Crippen molar-refractivity contribution < 1.29 is 27.1 Å². The summed E-state index contributed by atoms with van der Waals surface area (Å²) >= 11 is 0. The van der Waals surface area contributed by atoms with Crippen LogP contribution in [0.4, 0.5) is 0 Å². The lowest BCUT2D eigenvalue weighted by molar-refractivity contribution is -0.168. The summed E-state index contributed by atoms with van der Waals surface area (Å²) in [6, 6.07) is 20.4. The van der Waals surface area contributed by atoms with Crippen LogP contribution in [0.15, 0.2) is 60.7 Å². The number of rotatable bonds is 8. The molecule has 0 aliphatic carbocycles. The summed E-state index contributed by atoms with van der Waals surface area (Å²) in [5, 5.41) is 0. The number of ether oxygens (including phenoxy) is 1. The minimum Gasteiger partial charge on any atom is -0.453 e. The van der Waals surface area contributed by atoms with Crippen molar-refractivity contribution in [3.8, 4) is 0 Å². The molecule has 0 aliphatic rings. The molecule has 0 radical (unpaired) electrons. The van der Waals surface area contributed by atoms with Crippen molar-refractivity contribution in [2.24, 2.45) is 5.92 Å². The van der Waals surface area contributed by atoms with Gasteiger partial charge in [-0.15, -0.1) is 12.4 Å². The summed E-state index contributed by atoms with van der Waals surface area (Å²) in [7, 11) is -0.563. The van der Waals surface area contributed by atoms with E-state index >= 15 is 0 Å². The van der Waals surface area contributed by atoms with E-state index in [1.807, 2.05) is 43.3 Å². The first-order chi connectivity index (χ1) is 14.0. The van der Waals surface area contributed by atoms with Gasteiger partial charge in [-0.3, -0.25) is 13.9 Å². The molecule has 2 atom stereocenters. The summed E-state index contributed by atoms with van der Waals surface area (Å²) in [4.78, 5) is 14.5. The van der Waals surface area contributed by atoms with Gasteiger partial charge in [-0.1, -0.05) is 74.5 Å². The summed E-state index contributed by atoms with van der Waals surface area (Å²) in [5.41, 5.74) is 1.54. The van der Waals surface area contributed by atoms with Crippen molar-refractivity contribution >= 4 is 28.8 Å². The van der Waals surface area contributed by atoms with E-state index in [2.05, 4.69) is 50.2 Å². The lowest BCUT2D eigenvalue weighted by Crippen LogP contribution is -2.44. The van der Waals surface area contributed by atoms with Crippen molar-refractivity contribution in [3.05, 3.63) is 71.8 Å². The van der Waals surface area contributed by atoms with Crippen LogP contribution < -0.4 is 0 Å². The first kappa shape index (κ1) is 29.0. The van der Waals surface area contributed by atoms with Crippen LogP contribution in [0.2, 0.25) is 0 Å². The number of nitrogens with zero attached hydrogens (tertiary/aromatic N) is 1. The molecule has 2 aromatic rings. The minimum atomic E-state index is -4.67. The smallest absolute Gasteiger partial charge is 0.394 e. The predicted octanol–water partition coefficient (Wildman–Crippen LogP) is 4.04. The largest absolute Gasteiger partial charge is 0.453 e. The van der Waals surface area contributed by atoms with Crippen LogP contribution in [0, 0.1) is 5.92 Å². The fourth-order valence-corrected chi connectivity index (χ4v) is 3.35. The molecule has 31 heavy (non-hydrogen) atoms. The molecule has 9 heteroatoms. The molecule has 0 saturated carbocycles. The lowest BCUT2D eigenvalue weighted by Gasteiger charge is -2.40. The van der Waals surface area contributed by atoms with E-state index in [1.165, 1.54) is 5.56 Å². The number of benzene rings is 2. The molecule has 0 bridgehead atoms. The van der Waals surface area contributed by atoms with Gasteiger partial charge in [0.25, 0.3) is 0 Å². The summed E-state index contributed by atoms with van der Waals surface area (Å²) in [6.07, 6.45) is 1.04. The number of halogens is 1. The van der Waals surface area contributed by atoms with E-state index in [4.69, 9.17) is 22.3 Å². The Kier molecular flexibility index (Phi) is 12.6. The van der Waals surface area contributed by atoms with Crippen LogP contribution in [0.25, 0.3) is 0 Å². The topological polar surface area (TPSA) is 104 Å². The molecular formula is C22H32ClNO6S. The number of hydrogen-bond donors (Lipinski definition) is 2. The Bertz CT molecular complexity index is 869. The summed E-state index contributed by atoms with van der Waals surface area (Å²) < 4.78 is 37.8. The molecule has 0 amide bonds. The van der Waals surface area contributed by atoms with Gasteiger partial charge >= 0.3 is 16.4 Å². The van der Waals surface area contributed by atoms with E-state index in [0.29, 0.717) is 12.8 Å². The zero-order valence-electron chi connectivity index (χ0n) is 18.3. The van der Waals surface area contributed by atoms with Gasteiger partial charge in [-0.2, -0.15) is 8.42 Å². The molecule has 0 unspecified atom stereocenters. The van der Waals surface area contributed by atoms with Crippen LogP contribution in [0.5, 0.6) is 0 Å². The number of carbonyl (C=O) groups is 1. The normalized spacial score (nSPS) is 13.8. The Morgan fingerprint density at radius 2 is 1.48 bits per heavy atom. The van der Waals surface area contributed by atoms with Crippen LogP contribution in [0.3, 0.4) is 0 Å². The maximum absolute atomic E-state index is 12.3. The first-order valence-electron chi connectivity index (χ1n) is 9.63. The van der Waals surface area contributed by atoms with E-state index in [1.54, 1.807) is 0 Å². The molecule has 0 aliphatic heterocycles. The highest BCUT2D eigenvalue weighted by atomic mass is 35.5. The third kappa shape index (κ3) is 10.8. The van der Waals surface area contributed by atoms with Crippen molar-refractivity contribution in [1.82, 2.24) is 4.90 Å². The molecule has 2 aromatic carbocycles. The standard InChI is InChI=1S/C22H29NO2.ClH.H2O4S/c1-5-21(24)25-22(18(2)17-23(3)4,20-14-10-7-11-15-20)16-19-12-8-6-9-13-19;;1-5(2,3)4/h6-15,18H,5,16-17H2,1-4H3;1H;(H2,1,2,3,4)/t18-,22+;;/m1../s1. The Morgan fingerprint density at radius 3 is 1.90 bits per heavy atom. The van der Waals surface area contributed by atoms with Gasteiger partial charge in [0.2, 0.25) is 0 Å². The van der Waals surface area contributed by atoms with Gasteiger partial charge < -0.3 is 9.64 Å². The molecule has 0 heterocycles. The van der Waals surface area contributed by atoms with Crippen LogP contribution in [0.1, 0.15) is 31.4 Å². The molecule has 0 fully saturated rings. The average Bonchev–Trinajstić information content (AvgIpc) is 2.67. The van der Waals surface area contributed by atoms with E-state index in [-0.39, 0.29) is 24.3 Å². The van der Waals surface area contributed by atoms with Crippen molar-refractivity contribution in [3.63, 3.8) is 0 Å². The maximum Gasteiger partial charge on any atom is 0.394 e. The van der Waals surface area contributed by atoms with Crippen molar-refractivity contribution in [1.29, 1.82) is 0 Å². The SMILES string of the molecule is CCC(=O)O[C@](Cc1ccccc1)(c1ccccc1)[C@H](C)CN(C)C.Cl.O=S(=O)(O)O. The fraction of sp³-hybridized carbons (Fsp3) is 0.409. The highest BCUT2D eigenvalue weighted by Gasteiger charge is 2.42. The molecule has 0 aromatic heterocycles. The number of hydrogen-bond acceptors (Lipinski definition) is 5. The third-order valence-corrected chi connectivity index (χ3v) is 4.59. The Balaban J connectivity index is 0.00000135. The molecule has 2 rings (SSSR count). The van der Waals surface area contributed by atoms with Crippen LogP contribution in [-0.2, 0) is 32.0 Å². The van der Waals surface area contributed by atoms with Gasteiger partial charge in [0.1, 0.15) is 5.60 Å².